The van der Waals surface area contributed by atoms with Crippen molar-refractivity contribution >= 4 is 54.1 Å². The molecule has 0 saturated heterocycles. The number of benzene rings is 8. The van der Waals surface area contributed by atoms with Gasteiger partial charge in [-0.15, -0.1) is 0 Å². The average Bonchev–Trinajstić information content (AvgIpc) is 3.58. The molecule has 10 rings (SSSR count). The molecular weight excluding hydrogens is 593 g/mol. The smallest absolute Gasteiger partial charge is 0.0787 e. The molecule has 0 aliphatic rings. The van der Waals surface area contributed by atoms with Crippen molar-refractivity contribution in [3.63, 3.8) is 0 Å². The van der Waals surface area contributed by atoms with E-state index in [0.717, 1.165) is 27.9 Å². The highest BCUT2D eigenvalue weighted by Crippen LogP contribution is 2.43. The number of nitrogens with zero attached hydrogens (tertiary/aromatic N) is 1. The molecule has 0 fully saturated rings. The van der Waals surface area contributed by atoms with Gasteiger partial charge in [0, 0.05) is 39.2 Å². The summed E-state index contributed by atoms with van der Waals surface area (Å²) in [7, 11) is 0. The molecule has 0 unspecified atom stereocenters. The molecule has 2 heterocycles. The van der Waals surface area contributed by atoms with Gasteiger partial charge < -0.3 is 4.98 Å². The zero-order chi connectivity index (χ0) is 32.6. The van der Waals surface area contributed by atoms with Gasteiger partial charge >= 0.3 is 0 Å². The third-order valence-electron chi connectivity index (χ3n) is 9.54. The molecule has 0 atom stereocenters. The van der Waals surface area contributed by atoms with Gasteiger partial charge in [-0.3, -0.25) is 4.98 Å². The first-order valence-corrected chi connectivity index (χ1v) is 16.7. The first-order valence-electron chi connectivity index (χ1n) is 16.7. The maximum absolute atomic E-state index is 5.01. The summed E-state index contributed by atoms with van der Waals surface area (Å²) in [6.45, 7) is 0. The van der Waals surface area contributed by atoms with Crippen LogP contribution >= 0.6 is 0 Å². The molecule has 49 heavy (non-hydrogen) atoms. The highest BCUT2D eigenvalue weighted by atomic mass is 14.7. The fourth-order valence-electron chi connectivity index (χ4n) is 7.35. The Morgan fingerprint density at radius 1 is 0.327 bits per heavy atom. The molecule has 0 saturated carbocycles. The summed E-state index contributed by atoms with van der Waals surface area (Å²) >= 11 is 0. The van der Waals surface area contributed by atoms with E-state index in [0.29, 0.717) is 0 Å². The Balaban J connectivity index is 0.000000229. The molecule has 2 aromatic heterocycles. The largest absolute Gasteiger partial charge is 0.354 e. The van der Waals surface area contributed by atoms with E-state index in [4.69, 9.17) is 4.98 Å². The summed E-state index contributed by atoms with van der Waals surface area (Å²) in [5, 5.41) is 10.1. The number of para-hydroxylation sites is 2. The van der Waals surface area contributed by atoms with E-state index < -0.39 is 0 Å². The van der Waals surface area contributed by atoms with E-state index in [1.165, 1.54) is 59.8 Å². The molecule has 8 aromatic carbocycles. The van der Waals surface area contributed by atoms with E-state index in [9.17, 15) is 0 Å². The van der Waals surface area contributed by atoms with Gasteiger partial charge in [0.05, 0.1) is 11.2 Å². The lowest BCUT2D eigenvalue weighted by molar-refractivity contribution is 1.33. The fraction of sp³-hybridized carbons (Fsp3) is 0. The number of rotatable bonds is 3. The third-order valence-corrected chi connectivity index (χ3v) is 9.54. The Bertz CT molecular complexity index is 2680. The highest BCUT2D eigenvalue weighted by molar-refractivity contribution is 6.28. The van der Waals surface area contributed by atoms with E-state index in [1.807, 2.05) is 24.4 Å². The summed E-state index contributed by atoms with van der Waals surface area (Å²) in [5.41, 5.74) is 9.30. The van der Waals surface area contributed by atoms with Gasteiger partial charge in [-0.25, -0.2) is 0 Å². The van der Waals surface area contributed by atoms with Crippen LogP contribution in [-0.4, -0.2) is 9.97 Å². The van der Waals surface area contributed by atoms with E-state index >= 15 is 0 Å². The van der Waals surface area contributed by atoms with Gasteiger partial charge in [0.1, 0.15) is 0 Å². The van der Waals surface area contributed by atoms with Crippen LogP contribution in [0, 0.1) is 0 Å². The van der Waals surface area contributed by atoms with Gasteiger partial charge in [-0.1, -0.05) is 170 Å². The summed E-state index contributed by atoms with van der Waals surface area (Å²) < 4.78 is 0. The van der Waals surface area contributed by atoms with E-state index in [2.05, 4.69) is 169 Å². The van der Waals surface area contributed by atoms with Crippen molar-refractivity contribution in [2.24, 2.45) is 0 Å². The molecule has 0 bridgehead atoms. The van der Waals surface area contributed by atoms with Gasteiger partial charge in [0.15, 0.2) is 0 Å². The van der Waals surface area contributed by atoms with Gasteiger partial charge in [0.2, 0.25) is 0 Å². The molecule has 2 heteroatoms. The second-order valence-corrected chi connectivity index (χ2v) is 12.3. The Morgan fingerprint density at radius 3 is 1.45 bits per heavy atom. The zero-order valence-electron chi connectivity index (χ0n) is 26.8. The quantitative estimate of drug-likeness (QED) is 0.195. The number of nitrogens with one attached hydrogen (secondary N) is 1. The van der Waals surface area contributed by atoms with E-state index in [1.54, 1.807) is 0 Å². The number of hydrogen-bond acceptors (Lipinski definition) is 1. The number of aromatic amines is 1. The highest BCUT2D eigenvalue weighted by Gasteiger charge is 2.18. The van der Waals surface area contributed by atoms with Crippen molar-refractivity contribution in [1.29, 1.82) is 0 Å². The number of fused-ring (bicyclic) bond motifs is 9. The van der Waals surface area contributed by atoms with Crippen LogP contribution < -0.4 is 0 Å². The molecule has 0 amide bonds. The van der Waals surface area contributed by atoms with Crippen LogP contribution in [-0.2, 0) is 0 Å². The van der Waals surface area contributed by atoms with Crippen LogP contribution in [0.5, 0.6) is 0 Å². The average molecular weight is 625 g/mol. The minimum atomic E-state index is 1.000. The van der Waals surface area contributed by atoms with Crippen LogP contribution in [0.25, 0.3) is 87.6 Å². The van der Waals surface area contributed by atoms with Crippen molar-refractivity contribution in [2.75, 3.05) is 0 Å². The lowest BCUT2D eigenvalue weighted by Gasteiger charge is -2.16. The van der Waals surface area contributed by atoms with Crippen LogP contribution in [0.4, 0.5) is 0 Å². The summed E-state index contributed by atoms with van der Waals surface area (Å²) in [4.78, 5) is 8.70. The zero-order valence-corrected chi connectivity index (χ0v) is 26.8. The Kier molecular flexibility index (Phi) is 7.18. The normalized spacial score (nSPS) is 11.3. The maximum atomic E-state index is 5.01. The fourth-order valence-corrected chi connectivity index (χ4v) is 7.35. The lowest BCUT2D eigenvalue weighted by atomic mass is 9.89. The summed E-state index contributed by atoms with van der Waals surface area (Å²) in [6, 6.07) is 64.2. The molecular formula is C47H32N2. The first kappa shape index (κ1) is 28.7. The minimum Gasteiger partial charge on any atom is -0.354 e. The summed E-state index contributed by atoms with van der Waals surface area (Å²) in [6.07, 6.45) is 1.91. The second kappa shape index (κ2) is 12.3. The van der Waals surface area contributed by atoms with Crippen molar-refractivity contribution in [3.05, 3.63) is 188 Å². The van der Waals surface area contributed by atoms with Crippen LogP contribution in [0.1, 0.15) is 0 Å². The van der Waals surface area contributed by atoms with Gasteiger partial charge in [-0.2, -0.15) is 0 Å². The lowest BCUT2D eigenvalue weighted by Crippen LogP contribution is -1.92. The molecule has 230 valence electrons. The Labute approximate surface area is 285 Å². The van der Waals surface area contributed by atoms with Crippen molar-refractivity contribution in [2.45, 2.75) is 0 Å². The van der Waals surface area contributed by atoms with Crippen molar-refractivity contribution < 1.29 is 0 Å². The number of pyridine rings is 1. The SMILES string of the molecule is c1ccc(-c2ccccc2)cc1.c1cnc(-c2cccc3c4ccccc4c4ccccc4c23)c(-c2cccc3c2[nH]c2ccccc23)c1. The molecule has 0 spiro atoms. The molecule has 10 aromatic rings. The standard InChI is InChI=1S/C35H22N2.C12H10/c1-2-11-24-22(10-1)23-12-3-4-14-26(23)33-27(24)15-7-18-31(33)34-29(19-9-21-36-34)30-17-8-16-28-25-13-5-6-20-32(25)37-35(28)30;1-3-7-11(8-4-1)12-9-5-2-6-10-12/h1-21,37H;1-10H. The van der Waals surface area contributed by atoms with E-state index in [-0.39, 0.29) is 0 Å². The number of hydrogen-bond donors (Lipinski definition) is 1. The van der Waals surface area contributed by atoms with Crippen molar-refractivity contribution in [1.82, 2.24) is 9.97 Å². The first-order chi connectivity index (χ1) is 24.3. The summed E-state index contributed by atoms with van der Waals surface area (Å²) in [5.74, 6) is 0. The second-order valence-electron chi connectivity index (χ2n) is 12.3. The number of H-pyrrole nitrogens is 1. The minimum absolute atomic E-state index is 1.000. The van der Waals surface area contributed by atoms with Crippen LogP contribution in [0.15, 0.2) is 188 Å². The van der Waals surface area contributed by atoms with Crippen LogP contribution in [0.3, 0.4) is 0 Å². The Morgan fingerprint density at radius 2 is 0.796 bits per heavy atom. The topological polar surface area (TPSA) is 28.7 Å². The predicted molar refractivity (Wildman–Crippen MR) is 209 cm³/mol. The predicted octanol–water partition coefficient (Wildman–Crippen LogP) is 12.9. The van der Waals surface area contributed by atoms with Crippen molar-refractivity contribution in [3.8, 4) is 33.5 Å². The molecule has 0 aliphatic heterocycles. The molecule has 2 nitrogen and oxygen atoms in total. The number of aromatic nitrogens is 2. The monoisotopic (exact) mass is 624 g/mol. The molecule has 0 aliphatic carbocycles. The molecule has 1 N–H and O–H groups in total. The van der Waals surface area contributed by atoms with Crippen LogP contribution in [0.2, 0.25) is 0 Å². The van der Waals surface area contributed by atoms with Gasteiger partial charge in [0.25, 0.3) is 0 Å². The molecule has 0 radical (unpaired) electrons. The maximum Gasteiger partial charge on any atom is 0.0787 e. The Hall–Kier alpha value is -6.51. The third kappa shape index (κ3) is 5.02. The van der Waals surface area contributed by atoms with Gasteiger partial charge in [-0.05, 0) is 55.6 Å².